The first-order valence-corrected chi connectivity index (χ1v) is 8.43. The van der Waals surface area contributed by atoms with Crippen LogP contribution in [0.1, 0.15) is 10.4 Å². The van der Waals surface area contributed by atoms with Crippen molar-refractivity contribution in [2.45, 2.75) is 13.1 Å². The maximum absolute atomic E-state index is 5.25. The van der Waals surface area contributed by atoms with E-state index in [1.165, 1.54) is 25.7 Å². The summed E-state index contributed by atoms with van der Waals surface area (Å²) >= 11 is 5.33. The summed E-state index contributed by atoms with van der Waals surface area (Å²) in [5.41, 5.74) is 1.29. The minimum Gasteiger partial charge on any atom is -0.497 e. The molecule has 0 amide bonds. The molecule has 4 heteroatoms. The molecule has 2 nitrogen and oxygen atoms in total. The first-order valence-electron chi connectivity index (χ1n) is 6.75. The predicted octanol–water partition coefficient (Wildman–Crippen LogP) is 4.96. The highest BCUT2D eigenvalue weighted by molar-refractivity contribution is 9.10. The highest BCUT2D eigenvalue weighted by atomic mass is 79.9. The molecule has 21 heavy (non-hydrogen) atoms. The summed E-state index contributed by atoms with van der Waals surface area (Å²) in [4.78, 5) is 1.33. The molecule has 0 atom stereocenters. The fraction of sp³-hybridized carbons (Fsp3) is 0.176. The highest BCUT2D eigenvalue weighted by Crippen LogP contribution is 2.23. The molecule has 0 aliphatic heterocycles. The Hall–Kier alpha value is -1.36. The average Bonchev–Trinajstić information content (AvgIpc) is 2.92. The summed E-state index contributed by atoms with van der Waals surface area (Å²) in [6.45, 7) is 1.76. The van der Waals surface area contributed by atoms with Crippen LogP contribution in [-0.2, 0) is 13.1 Å². The van der Waals surface area contributed by atoms with Gasteiger partial charge in [0.15, 0.2) is 0 Å². The summed E-state index contributed by atoms with van der Waals surface area (Å²) in [5.74, 6) is 0.899. The van der Waals surface area contributed by atoms with Gasteiger partial charge in [0.05, 0.1) is 7.11 Å². The standard InChI is InChI=1S/C17H16BrNOS/c1-20-15-5-4-13-8-12(2-3-14(13)9-15)10-19-11-17-16(18)6-7-21-17/h2-9,19H,10-11H2,1H3. The lowest BCUT2D eigenvalue weighted by Crippen LogP contribution is -2.11. The molecule has 2 aromatic carbocycles. The van der Waals surface area contributed by atoms with E-state index in [-0.39, 0.29) is 0 Å². The van der Waals surface area contributed by atoms with Crippen molar-refractivity contribution < 1.29 is 4.74 Å². The third kappa shape index (κ3) is 3.46. The first kappa shape index (κ1) is 14.6. The molecular weight excluding hydrogens is 346 g/mol. The van der Waals surface area contributed by atoms with Crippen LogP contribution in [0.15, 0.2) is 52.3 Å². The lowest BCUT2D eigenvalue weighted by molar-refractivity contribution is 0.415. The molecule has 0 unspecified atom stereocenters. The molecule has 0 fully saturated rings. The van der Waals surface area contributed by atoms with Gasteiger partial charge in [-0.3, -0.25) is 0 Å². The van der Waals surface area contributed by atoms with Crippen LogP contribution in [0.4, 0.5) is 0 Å². The van der Waals surface area contributed by atoms with Gasteiger partial charge >= 0.3 is 0 Å². The Morgan fingerprint density at radius 3 is 2.62 bits per heavy atom. The number of benzene rings is 2. The van der Waals surface area contributed by atoms with Gasteiger partial charge in [-0.1, -0.05) is 18.2 Å². The topological polar surface area (TPSA) is 21.3 Å². The lowest BCUT2D eigenvalue weighted by atomic mass is 10.1. The third-order valence-electron chi connectivity index (χ3n) is 3.42. The largest absolute Gasteiger partial charge is 0.497 e. The molecule has 0 radical (unpaired) electrons. The Kier molecular flexibility index (Phi) is 4.58. The number of halogens is 1. The smallest absolute Gasteiger partial charge is 0.119 e. The van der Waals surface area contributed by atoms with Crippen LogP contribution in [0.5, 0.6) is 5.75 Å². The van der Waals surface area contributed by atoms with E-state index in [2.05, 4.69) is 63.0 Å². The second-order valence-corrected chi connectivity index (χ2v) is 6.70. The molecule has 3 aromatic rings. The van der Waals surface area contributed by atoms with E-state index in [1.807, 2.05) is 6.07 Å². The van der Waals surface area contributed by atoms with Crippen LogP contribution < -0.4 is 10.1 Å². The van der Waals surface area contributed by atoms with Crippen molar-refractivity contribution in [2.24, 2.45) is 0 Å². The Labute approximate surface area is 136 Å². The SMILES string of the molecule is COc1ccc2cc(CNCc3sccc3Br)ccc2c1. The van der Waals surface area contributed by atoms with Crippen molar-refractivity contribution in [3.8, 4) is 5.75 Å². The van der Waals surface area contributed by atoms with Gasteiger partial charge in [-0.05, 0) is 61.9 Å². The Morgan fingerprint density at radius 2 is 1.86 bits per heavy atom. The zero-order chi connectivity index (χ0) is 14.7. The van der Waals surface area contributed by atoms with E-state index in [0.717, 1.165) is 18.8 Å². The van der Waals surface area contributed by atoms with Crippen LogP contribution in [0, 0.1) is 0 Å². The van der Waals surface area contributed by atoms with Crippen LogP contribution >= 0.6 is 27.3 Å². The molecule has 0 aliphatic carbocycles. The average molecular weight is 362 g/mol. The number of hydrogen-bond donors (Lipinski definition) is 1. The monoisotopic (exact) mass is 361 g/mol. The normalized spacial score (nSPS) is 11.0. The van der Waals surface area contributed by atoms with E-state index in [1.54, 1.807) is 18.4 Å². The van der Waals surface area contributed by atoms with Gasteiger partial charge in [-0.25, -0.2) is 0 Å². The number of fused-ring (bicyclic) bond motifs is 1. The summed E-state index contributed by atoms with van der Waals surface area (Å²) in [6.07, 6.45) is 0. The van der Waals surface area contributed by atoms with Gasteiger partial charge in [0.1, 0.15) is 5.75 Å². The fourth-order valence-corrected chi connectivity index (χ4v) is 3.74. The number of methoxy groups -OCH3 is 1. The van der Waals surface area contributed by atoms with E-state index >= 15 is 0 Å². The molecule has 0 spiro atoms. The van der Waals surface area contributed by atoms with Gasteiger partial charge in [0.2, 0.25) is 0 Å². The minimum absolute atomic E-state index is 0.867. The molecule has 3 rings (SSSR count). The van der Waals surface area contributed by atoms with Gasteiger partial charge in [0, 0.05) is 22.4 Å². The number of hydrogen-bond acceptors (Lipinski definition) is 3. The van der Waals surface area contributed by atoms with Crippen molar-refractivity contribution in [1.29, 1.82) is 0 Å². The number of rotatable bonds is 5. The summed E-state index contributed by atoms with van der Waals surface area (Å²) in [5, 5.41) is 8.04. The minimum atomic E-state index is 0.867. The first-order chi connectivity index (χ1) is 10.3. The summed E-state index contributed by atoms with van der Waals surface area (Å²) < 4.78 is 6.44. The highest BCUT2D eigenvalue weighted by Gasteiger charge is 2.02. The number of thiophene rings is 1. The van der Waals surface area contributed by atoms with Gasteiger partial charge in [-0.15, -0.1) is 11.3 Å². The molecule has 1 N–H and O–H groups in total. The molecule has 108 valence electrons. The van der Waals surface area contributed by atoms with E-state index in [4.69, 9.17) is 4.74 Å². The third-order valence-corrected chi connectivity index (χ3v) is 5.34. The van der Waals surface area contributed by atoms with E-state index in [9.17, 15) is 0 Å². The number of ether oxygens (including phenoxy) is 1. The quantitative estimate of drug-likeness (QED) is 0.693. The molecule has 1 aromatic heterocycles. The molecular formula is C17H16BrNOS. The molecule has 0 saturated carbocycles. The van der Waals surface area contributed by atoms with Gasteiger partial charge in [0.25, 0.3) is 0 Å². The maximum Gasteiger partial charge on any atom is 0.119 e. The zero-order valence-corrected chi connectivity index (χ0v) is 14.1. The summed E-state index contributed by atoms with van der Waals surface area (Å²) in [7, 11) is 1.70. The zero-order valence-electron chi connectivity index (χ0n) is 11.7. The maximum atomic E-state index is 5.25. The van der Waals surface area contributed by atoms with Gasteiger partial charge < -0.3 is 10.1 Å². The fourth-order valence-electron chi connectivity index (χ4n) is 2.28. The van der Waals surface area contributed by atoms with Crippen molar-refractivity contribution >= 4 is 38.0 Å². The molecule has 0 saturated heterocycles. The van der Waals surface area contributed by atoms with E-state index < -0.39 is 0 Å². The van der Waals surface area contributed by atoms with Crippen molar-refractivity contribution in [3.63, 3.8) is 0 Å². The predicted molar refractivity (Wildman–Crippen MR) is 93.1 cm³/mol. The van der Waals surface area contributed by atoms with Crippen molar-refractivity contribution in [1.82, 2.24) is 5.32 Å². The van der Waals surface area contributed by atoms with Crippen molar-refractivity contribution in [2.75, 3.05) is 7.11 Å². The summed E-state index contributed by atoms with van der Waals surface area (Å²) in [6, 6.07) is 14.8. The molecule has 0 bridgehead atoms. The van der Waals surface area contributed by atoms with Crippen LogP contribution in [0.25, 0.3) is 10.8 Å². The lowest BCUT2D eigenvalue weighted by Gasteiger charge is -2.07. The van der Waals surface area contributed by atoms with E-state index in [0.29, 0.717) is 0 Å². The van der Waals surface area contributed by atoms with Gasteiger partial charge in [-0.2, -0.15) is 0 Å². The second kappa shape index (κ2) is 6.60. The van der Waals surface area contributed by atoms with Crippen LogP contribution in [-0.4, -0.2) is 7.11 Å². The Bertz CT molecular complexity index is 753. The van der Waals surface area contributed by atoms with Crippen molar-refractivity contribution in [3.05, 3.63) is 62.8 Å². The Balaban J connectivity index is 1.68. The Morgan fingerprint density at radius 1 is 1.05 bits per heavy atom. The molecule has 0 aliphatic rings. The van der Waals surface area contributed by atoms with Crippen LogP contribution in [0.2, 0.25) is 0 Å². The number of nitrogens with one attached hydrogen (secondary N) is 1. The van der Waals surface area contributed by atoms with Crippen LogP contribution in [0.3, 0.4) is 0 Å². The second-order valence-electron chi connectivity index (χ2n) is 4.84. The molecule has 1 heterocycles.